The van der Waals surface area contributed by atoms with Crippen LogP contribution in [0.25, 0.3) is 0 Å². The molecule has 8 heteroatoms. The number of esters is 1. The summed E-state index contributed by atoms with van der Waals surface area (Å²) in [5, 5.41) is 2.45. The highest BCUT2D eigenvalue weighted by Crippen LogP contribution is 2.24. The molecule has 1 N–H and O–H groups in total. The Hall–Kier alpha value is -3.81. The number of hydrogen-bond acceptors (Lipinski definition) is 5. The fourth-order valence-electron chi connectivity index (χ4n) is 2.81. The van der Waals surface area contributed by atoms with Crippen LogP contribution in [0.4, 0.5) is 4.39 Å². The maximum Gasteiger partial charge on any atom is 0.338 e. The van der Waals surface area contributed by atoms with Gasteiger partial charge >= 0.3 is 5.97 Å². The van der Waals surface area contributed by atoms with Crippen LogP contribution in [0.5, 0.6) is 0 Å². The van der Waals surface area contributed by atoms with E-state index in [0.29, 0.717) is 5.56 Å². The molecule has 1 aliphatic heterocycles. The van der Waals surface area contributed by atoms with Crippen molar-refractivity contribution in [3.8, 4) is 0 Å². The monoisotopic (exact) mass is 396 g/mol. The molecule has 1 heterocycles. The Labute approximate surface area is 165 Å². The van der Waals surface area contributed by atoms with Crippen LogP contribution in [0.2, 0.25) is 0 Å². The van der Waals surface area contributed by atoms with Crippen LogP contribution in [0.1, 0.15) is 36.6 Å². The molecule has 0 aromatic heterocycles. The van der Waals surface area contributed by atoms with Gasteiger partial charge < -0.3 is 10.1 Å². The average molecular weight is 396 g/mol. The zero-order chi connectivity index (χ0) is 21.0. The van der Waals surface area contributed by atoms with E-state index in [-0.39, 0.29) is 29.8 Å². The van der Waals surface area contributed by atoms with Crippen LogP contribution in [0, 0.1) is 5.82 Å². The lowest BCUT2D eigenvalue weighted by Gasteiger charge is -2.09. The number of carbonyl (C=O) groups excluding carboxylic acids is 4. The smallest absolute Gasteiger partial charge is 0.338 e. The Morgan fingerprint density at radius 2 is 1.83 bits per heavy atom. The lowest BCUT2D eigenvalue weighted by Crippen LogP contribution is -2.29. The molecule has 0 unspecified atom stereocenters. The number of ether oxygens (including phenoxy) is 1. The number of nitrogens with zero attached hydrogens (tertiary/aromatic N) is 1. The molecular weight excluding hydrogens is 379 g/mol. The number of carbonyl (C=O) groups is 4. The number of imide groups is 1. The molecule has 0 saturated carbocycles. The van der Waals surface area contributed by atoms with Gasteiger partial charge in [0.2, 0.25) is 0 Å². The van der Waals surface area contributed by atoms with Gasteiger partial charge in [-0.2, -0.15) is 0 Å². The van der Waals surface area contributed by atoms with Crippen LogP contribution in [0.3, 0.4) is 0 Å². The lowest BCUT2D eigenvalue weighted by molar-refractivity contribution is -0.124. The molecule has 0 aliphatic carbocycles. The molecule has 7 nitrogen and oxygen atoms in total. The normalized spacial score (nSPS) is 12.5. The van der Waals surface area contributed by atoms with E-state index in [9.17, 15) is 23.6 Å². The molecule has 1 aliphatic rings. The maximum atomic E-state index is 13.5. The number of fused-ring (bicyclic) bond motifs is 1. The SMILES string of the molecule is C=CCN1C(=O)c2ccc(C(=O)OCC(=O)NCc3ccccc3F)cc2C1=O. The van der Waals surface area contributed by atoms with Crippen molar-refractivity contribution in [3.05, 3.63) is 83.2 Å². The van der Waals surface area contributed by atoms with E-state index in [0.717, 1.165) is 4.90 Å². The molecule has 0 saturated heterocycles. The summed E-state index contributed by atoms with van der Waals surface area (Å²) in [6.07, 6.45) is 1.43. The molecule has 2 aromatic carbocycles. The molecule has 0 atom stereocenters. The molecule has 148 valence electrons. The Bertz CT molecular complexity index is 1020. The molecule has 2 aromatic rings. The minimum Gasteiger partial charge on any atom is -0.452 e. The predicted octanol–water partition coefficient (Wildman–Crippen LogP) is 2.08. The predicted molar refractivity (Wildman–Crippen MR) is 101 cm³/mol. The Kier molecular flexibility index (Phi) is 5.82. The van der Waals surface area contributed by atoms with E-state index >= 15 is 0 Å². The van der Waals surface area contributed by atoms with Gasteiger partial charge in [0.1, 0.15) is 5.82 Å². The van der Waals surface area contributed by atoms with Gasteiger partial charge in [0, 0.05) is 18.7 Å². The molecule has 3 amide bonds. The van der Waals surface area contributed by atoms with Crippen molar-refractivity contribution in [1.29, 1.82) is 0 Å². The Morgan fingerprint density at radius 3 is 2.55 bits per heavy atom. The first-order chi connectivity index (χ1) is 13.9. The van der Waals surface area contributed by atoms with Crippen molar-refractivity contribution in [2.24, 2.45) is 0 Å². The second kappa shape index (κ2) is 8.47. The molecule has 29 heavy (non-hydrogen) atoms. The summed E-state index contributed by atoms with van der Waals surface area (Å²) in [6, 6.07) is 9.96. The first-order valence-corrected chi connectivity index (χ1v) is 8.70. The second-order valence-electron chi connectivity index (χ2n) is 6.21. The highest BCUT2D eigenvalue weighted by atomic mass is 19.1. The first kappa shape index (κ1) is 19.9. The highest BCUT2D eigenvalue weighted by Gasteiger charge is 2.35. The van der Waals surface area contributed by atoms with Gasteiger partial charge in [0.15, 0.2) is 6.61 Å². The third kappa shape index (κ3) is 4.21. The third-order valence-electron chi connectivity index (χ3n) is 4.29. The fraction of sp³-hybridized carbons (Fsp3) is 0.143. The standard InChI is InChI=1S/C21H17FN2O5/c1-2-9-24-19(26)15-8-7-13(10-16(15)20(24)27)21(28)29-12-18(25)23-11-14-5-3-4-6-17(14)22/h2-8,10H,1,9,11-12H2,(H,23,25). The van der Waals surface area contributed by atoms with Crippen molar-refractivity contribution in [2.45, 2.75) is 6.54 Å². The number of nitrogens with one attached hydrogen (secondary N) is 1. The maximum absolute atomic E-state index is 13.5. The van der Waals surface area contributed by atoms with Crippen LogP contribution >= 0.6 is 0 Å². The Balaban J connectivity index is 1.59. The lowest BCUT2D eigenvalue weighted by atomic mass is 10.1. The molecular formula is C21H17FN2O5. The number of amides is 3. The molecule has 3 rings (SSSR count). The first-order valence-electron chi connectivity index (χ1n) is 8.70. The Morgan fingerprint density at radius 1 is 1.10 bits per heavy atom. The fourth-order valence-corrected chi connectivity index (χ4v) is 2.81. The topological polar surface area (TPSA) is 92.8 Å². The van der Waals surface area contributed by atoms with Gasteiger partial charge in [-0.05, 0) is 24.3 Å². The van der Waals surface area contributed by atoms with E-state index in [2.05, 4.69) is 11.9 Å². The van der Waals surface area contributed by atoms with Gasteiger partial charge in [0.05, 0.1) is 16.7 Å². The highest BCUT2D eigenvalue weighted by molar-refractivity contribution is 6.22. The molecule has 0 spiro atoms. The van der Waals surface area contributed by atoms with Gasteiger partial charge in [-0.1, -0.05) is 24.3 Å². The minimum atomic E-state index is -0.823. The van der Waals surface area contributed by atoms with E-state index in [1.165, 1.54) is 42.5 Å². The van der Waals surface area contributed by atoms with Gasteiger partial charge in [-0.15, -0.1) is 6.58 Å². The number of halogens is 1. The van der Waals surface area contributed by atoms with Crippen LogP contribution in [-0.4, -0.2) is 41.7 Å². The summed E-state index contributed by atoms with van der Waals surface area (Å²) in [4.78, 5) is 49.5. The summed E-state index contributed by atoms with van der Waals surface area (Å²) in [6.45, 7) is 2.95. The van der Waals surface area contributed by atoms with Crippen LogP contribution in [-0.2, 0) is 16.1 Å². The quantitative estimate of drug-likeness (QED) is 0.439. The van der Waals surface area contributed by atoms with Crippen molar-refractivity contribution >= 4 is 23.7 Å². The van der Waals surface area contributed by atoms with Crippen molar-refractivity contribution in [3.63, 3.8) is 0 Å². The van der Waals surface area contributed by atoms with Gasteiger partial charge in [0.25, 0.3) is 17.7 Å². The third-order valence-corrected chi connectivity index (χ3v) is 4.29. The molecule has 0 radical (unpaired) electrons. The zero-order valence-electron chi connectivity index (χ0n) is 15.3. The van der Waals surface area contributed by atoms with E-state index in [4.69, 9.17) is 4.74 Å². The average Bonchev–Trinajstić information content (AvgIpc) is 2.96. The van der Waals surface area contributed by atoms with E-state index in [1.807, 2.05) is 0 Å². The van der Waals surface area contributed by atoms with Gasteiger partial charge in [-0.25, -0.2) is 9.18 Å². The second-order valence-corrected chi connectivity index (χ2v) is 6.21. The number of benzene rings is 2. The summed E-state index contributed by atoms with van der Waals surface area (Å²) in [5.41, 5.74) is 0.622. The van der Waals surface area contributed by atoms with Gasteiger partial charge in [-0.3, -0.25) is 19.3 Å². The zero-order valence-corrected chi connectivity index (χ0v) is 15.3. The van der Waals surface area contributed by atoms with Crippen molar-refractivity contribution in [1.82, 2.24) is 10.2 Å². The summed E-state index contributed by atoms with van der Waals surface area (Å²) in [5.74, 6) is -2.87. The molecule has 0 fully saturated rings. The van der Waals surface area contributed by atoms with Crippen LogP contribution in [0.15, 0.2) is 55.1 Å². The largest absolute Gasteiger partial charge is 0.452 e. The van der Waals surface area contributed by atoms with E-state index < -0.39 is 36.1 Å². The number of rotatable bonds is 7. The number of hydrogen-bond donors (Lipinski definition) is 1. The van der Waals surface area contributed by atoms with Crippen molar-refractivity contribution in [2.75, 3.05) is 13.2 Å². The minimum absolute atomic E-state index is 0.0345. The summed E-state index contributed by atoms with van der Waals surface area (Å²) in [7, 11) is 0. The van der Waals surface area contributed by atoms with Crippen LogP contribution < -0.4 is 5.32 Å². The van der Waals surface area contributed by atoms with E-state index in [1.54, 1.807) is 6.07 Å². The summed E-state index contributed by atoms with van der Waals surface area (Å²) >= 11 is 0. The molecule has 0 bridgehead atoms. The van der Waals surface area contributed by atoms with Crippen molar-refractivity contribution < 1.29 is 28.3 Å². The summed E-state index contributed by atoms with van der Waals surface area (Å²) < 4.78 is 18.5.